The second-order valence-electron chi connectivity index (χ2n) is 6.71. The van der Waals surface area contributed by atoms with Crippen LogP contribution >= 0.6 is 0 Å². The van der Waals surface area contributed by atoms with Crippen molar-refractivity contribution in [3.05, 3.63) is 17.0 Å². The van der Waals surface area contributed by atoms with E-state index in [-0.39, 0.29) is 0 Å². The number of nitrogens with one attached hydrogen (secondary N) is 2. The van der Waals surface area contributed by atoms with Crippen molar-refractivity contribution in [3.63, 3.8) is 0 Å². The van der Waals surface area contributed by atoms with Gasteiger partial charge in [0.2, 0.25) is 0 Å². The van der Waals surface area contributed by atoms with Gasteiger partial charge in [0.15, 0.2) is 5.96 Å². The topological polar surface area (TPSA) is 65.7 Å². The van der Waals surface area contributed by atoms with Gasteiger partial charge in [0.05, 0.1) is 5.69 Å². The number of guanidine groups is 1. The molecule has 0 spiro atoms. The van der Waals surface area contributed by atoms with Gasteiger partial charge in [-0.1, -0.05) is 11.6 Å². The van der Waals surface area contributed by atoms with E-state index in [1.807, 2.05) is 20.9 Å². The van der Waals surface area contributed by atoms with Gasteiger partial charge in [-0.05, 0) is 53.0 Å². The molecule has 2 N–H and O–H groups in total. The molecule has 1 unspecified atom stereocenters. The number of aromatic nitrogens is 1. The summed E-state index contributed by atoms with van der Waals surface area (Å²) in [5, 5.41) is 10.8. The molecule has 6 heteroatoms. The van der Waals surface area contributed by atoms with E-state index in [0.29, 0.717) is 0 Å². The van der Waals surface area contributed by atoms with Gasteiger partial charge in [-0.15, -0.1) is 0 Å². The third-order valence-corrected chi connectivity index (χ3v) is 4.93. The Balaban J connectivity index is 1.62. The van der Waals surface area contributed by atoms with Gasteiger partial charge in [0.25, 0.3) is 0 Å². The molecule has 0 amide bonds. The van der Waals surface area contributed by atoms with Crippen molar-refractivity contribution < 1.29 is 4.52 Å². The van der Waals surface area contributed by atoms with E-state index in [0.717, 1.165) is 49.4 Å². The van der Waals surface area contributed by atoms with Gasteiger partial charge in [-0.3, -0.25) is 4.99 Å². The third-order valence-electron chi connectivity index (χ3n) is 4.93. The van der Waals surface area contributed by atoms with E-state index in [1.165, 1.54) is 37.9 Å². The molecule has 136 valence electrons. The fourth-order valence-electron chi connectivity index (χ4n) is 3.36. The molecule has 0 bridgehead atoms. The summed E-state index contributed by atoms with van der Waals surface area (Å²) < 4.78 is 5.20. The van der Waals surface area contributed by atoms with E-state index < -0.39 is 0 Å². The van der Waals surface area contributed by atoms with E-state index in [1.54, 1.807) is 0 Å². The van der Waals surface area contributed by atoms with Crippen LogP contribution in [-0.4, -0.2) is 55.3 Å². The lowest BCUT2D eigenvalue weighted by atomic mass is 10.0. The summed E-state index contributed by atoms with van der Waals surface area (Å²) in [5.74, 6) is 1.78. The van der Waals surface area contributed by atoms with Crippen molar-refractivity contribution in [1.29, 1.82) is 0 Å². The molecule has 0 aromatic carbocycles. The van der Waals surface area contributed by atoms with E-state index in [4.69, 9.17) is 4.52 Å². The average Bonchev–Trinajstić information content (AvgIpc) is 2.90. The van der Waals surface area contributed by atoms with Gasteiger partial charge >= 0.3 is 0 Å². The molecule has 1 atom stereocenters. The number of aryl methyl sites for hydroxylation is 2. The van der Waals surface area contributed by atoms with Crippen molar-refractivity contribution in [2.45, 2.75) is 58.9 Å². The maximum atomic E-state index is 5.20. The first-order valence-electron chi connectivity index (χ1n) is 9.22. The number of rotatable bonds is 7. The molecular weight excluding hydrogens is 302 g/mol. The highest BCUT2D eigenvalue weighted by Crippen LogP contribution is 2.16. The Morgan fingerprint density at radius 3 is 2.75 bits per heavy atom. The Bertz CT molecular complexity index is 506. The number of hydrogen-bond donors (Lipinski definition) is 2. The van der Waals surface area contributed by atoms with E-state index >= 15 is 0 Å². The van der Waals surface area contributed by atoms with Crippen LogP contribution in [0.3, 0.4) is 0 Å². The highest BCUT2D eigenvalue weighted by Gasteiger charge is 2.17. The van der Waals surface area contributed by atoms with Gasteiger partial charge < -0.3 is 20.1 Å². The minimum atomic E-state index is 0.742. The van der Waals surface area contributed by atoms with Gasteiger partial charge in [-0.25, -0.2) is 0 Å². The van der Waals surface area contributed by atoms with Crippen molar-refractivity contribution in [3.8, 4) is 0 Å². The molecular formula is C18H33N5O. The Morgan fingerprint density at radius 1 is 1.29 bits per heavy atom. The lowest BCUT2D eigenvalue weighted by Gasteiger charge is -2.33. The fraction of sp³-hybridized carbons (Fsp3) is 0.778. The summed E-state index contributed by atoms with van der Waals surface area (Å²) in [4.78, 5) is 6.90. The average molecular weight is 335 g/mol. The summed E-state index contributed by atoms with van der Waals surface area (Å²) in [6.45, 7) is 10.5. The van der Waals surface area contributed by atoms with E-state index in [9.17, 15) is 0 Å². The molecule has 1 aromatic rings. The number of nitrogens with zero attached hydrogens (tertiary/aromatic N) is 3. The fourth-order valence-corrected chi connectivity index (χ4v) is 3.36. The second kappa shape index (κ2) is 9.67. The van der Waals surface area contributed by atoms with Crippen molar-refractivity contribution in [2.24, 2.45) is 4.99 Å². The molecule has 2 rings (SSSR count). The minimum absolute atomic E-state index is 0.742. The predicted molar refractivity (Wildman–Crippen MR) is 98.5 cm³/mol. The lowest BCUT2D eigenvalue weighted by molar-refractivity contribution is 0.159. The first kappa shape index (κ1) is 18.8. The van der Waals surface area contributed by atoms with Crippen LogP contribution in [0.25, 0.3) is 0 Å². The van der Waals surface area contributed by atoms with Crippen LogP contribution in [0, 0.1) is 13.8 Å². The van der Waals surface area contributed by atoms with Gasteiger partial charge in [-0.2, -0.15) is 0 Å². The van der Waals surface area contributed by atoms with Crippen LogP contribution in [0.2, 0.25) is 0 Å². The Morgan fingerprint density at radius 2 is 2.08 bits per heavy atom. The Kier molecular flexibility index (Phi) is 7.56. The SMILES string of the molecule is CN=C(NCCCN1CCCCC1C)NCCc1c(C)noc1C. The molecule has 2 heterocycles. The number of aliphatic imine (C=N–C) groups is 1. The number of likely N-dealkylation sites (tertiary alicyclic amines) is 1. The van der Waals surface area contributed by atoms with Crippen LogP contribution in [0.1, 0.15) is 49.6 Å². The lowest BCUT2D eigenvalue weighted by Crippen LogP contribution is -2.41. The predicted octanol–water partition coefficient (Wildman–Crippen LogP) is 2.26. The highest BCUT2D eigenvalue weighted by molar-refractivity contribution is 5.79. The molecule has 1 fully saturated rings. The molecule has 0 saturated carbocycles. The van der Waals surface area contributed by atoms with Crippen molar-refractivity contribution >= 4 is 5.96 Å². The first-order valence-corrected chi connectivity index (χ1v) is 9.22. The monoisotopic (exact) mass is 335 g/mol. The quantitative estimate of drug-likeness (QED) is 0.454. The maximum absolute atomic E-state index is 5.20. The zero-order chi connectivity index (χ0) is 17.4. The molecule has 24 heavy (non-hydrogen) atoms. The number of piperidine rings is 1. The Hall–Kier alpha value is -1.56. The summed E-state index contributed by atoms with van der Waals surface area (Å²) >= 11 is 0. The minimum Gasteiger partial charge on any atom is -0.361 e. The Labute approximate surface area is 146 Å². The summed E-state index contributed by atoms with van der Waals surface area (Å²) in [7, 11) is 1.82. The molecule has 1 aliphatic heterocycles. The normalized spacial score (nSPS) is 19.5. The standard InChI is InChI=1S/C18H33N5O/c1-14-8-5-6-12-23(14)13-7-10-20-18(19-4)21-11-9-17-15(2)22-24-16(17)3/h14H,5-13H2,1-4H3,(H2,19,20,21). The van der Waals surface area contributed by atoms with Gasteiger partial charge in [0, 0.05) is 38.3 Å². The molecule has 1 aromatic heterocycles. The van der Waals surface area contributed by atoms with Crippen LogP contribution in [0.5, 0.6) is 0 Å². The summed E-state index contributed by atoms with van der Waals surface area (Å²) in [5.41, 5.74) is 2.17. The van der Waals surface area contributed by atoms with Crippen LogP contribution < -0.4 is 10.6 Å². The first-order chi connectivity index (χ1) is 11.6. The highest BCUT2D eigenvalue weighted by atomic mass is 16.5. The molecule has 1 saturated heterocycles. The molecule has 1 aliphatic rings. The summed E-state index contributed by atoms with van der Waals surface area (Å²) in [6, 6.07) is 0.742. The zero-order valence-electron chi connectivity index (χ0n) is 15.7. The smallest absolute Gasteiger partial charge is 0.190 e. The van der Waals surface area contributed by atoms with Crippen LogP contribution in [0.4, 0.5) is 0 Å². The van der Waals surface area contributed by atoms with Crippen molar-refractivity contribution in [2.75, 3.05) is 33.2 Å². The molecule has 0 aliphatic carbocycles. The maximum Gasteiger partial charge on any atom is 0.190 e. The second-order valence-corrected chi connectivity index (χ2v) is 6.71. The summed E-state index contributed by atoms with van der Waals surface area (Å²) in [6.07, 6.45) is 6.13. The van der Waals surface area contributed by atoms with Gasteiger partial charge in [0.1, 0.15) is 5.76 Å². The van der Waals surface area contributed by atoms with Crippen LogP contribution in [-0.2, 0) is 6.42 Å². The number of hydrogen-bond acceptors (Lipinski definition) is 4. The third kappa shape index (κ3) is 5.51. The molecule has 0 radical (unpaired) electrons. The van der Waals surface area contributed by atoms with Crippen molar-refractivity contribution in [1.82, 2.24) is 20.7 Å². The largest absolute Gasteiger partial charge is 0.361 e. The zero-order valence-corrected chi connectivity index (χ0v) is 15.7. The van der Waals surface area contributed by atoms with E-state index in [2.05, 4.69) is 32.6 Å². The van der Waals surface area contributed by atoms with Crippen LogP contribution in [0.15, 0.2) is 9.52 Å². The molecule has 6 nitrogen and oxygen atoms in total.